The third-order valence-corrected chi connectivity index (χ3v) is 5.40. The van der Waals surface area contributed by atoms with Crippen LogP contribution < -0.4 is 0 Å². The SMILES string of the molecule is c1ccc(-n2cc(CN3CCCC4CCCCC43)cn2)cc1. The zero-order chi connectivity index (χ0) is 14.8. The summed E-state index contributed by atoms with van der Waals surface area (Å²) in [7, 11) is 0. The van der Waals surface area contributed by atoms with Gasteiger partial charge >= 0.3 is 0 Å². The van der Waals surface area contributed by atoms with E-state index in [-0.39, 0.29) is 0 Å². The van der Waals surface area contributed by atoms with Crippen molar-refractivity contribution in [1.29, 1.82) is 0 Å². The molecule has 0 bridgehead atoms. The molecule has 2 aromatic rings. The molecule has 0 radical (unpaired) electrons. The third-order valence-electron chi connectivity index (χ3n) is 5.40. The predicted molar refractivity (Wildman–Crippen MR) is 89.0 cm³/mol. The van der Waals surface area contributed by atoms with Crippen LogP contribution in [0.25, 0.3) is 5.69 Å². The minimum absolute atomic E-state index is 0.822. The molecule has 0 N–H and O–H groups in total. The van der Waals surface area contributed by atoms with Gasteiger partial charge in [0.1, 0.15) is 0 Å². The van der Waals surface area contributed by atoms with Gasteiger partial charge < -0.3 is 0 Å². The van der Waals surface area contributed by atoms with E-state index in [4.69, 9.17) is 0 Å². The van der Waals surface area contributed by atoms with Crippen LogP contribution in [0.1, 0.15) is 44.1 Å². The Morgan fingerprint density at radius 2 is 1.82 bits per heavy atom. The number of nitrogens with zero attached hydrogens (tertiary/aromatic N) is 3. The summed E-state index contributed by atoms with van der Waals surface area (Å²) in [6, 6.07) is 11.2. The summed E-state index contributed by atoms with van der Waals surface area (Å²) in [6.45, 7) is 2.33. The lowest BCUT2D eigenvalue weighted by molar-refractivity contribution is 0.0547. The van der Waals surface area contributed by atoms with E-state index in [1.165, 1.54) is 50.6 Å². The van der Waals surface area contributed by atoms with E-state index in [1.54, 1.807) is 0 Å². The highest BCUT2D eigenvalue weighted by Gasteiger charge is 2.33. The van der Waals surface area contributed by atoms with Crippen LogP contribution in [0.4, 0.5) is 0 Å². The van der Waals surface area contributed by atoms with Crippen LogP contribution >= 0.6 is 0 Å². The fraction of sp³-hybridized carbons (Fsp3) is 0.526. The second-order valence-electron chi connectivity index (χ2n) is 6.85. The van der Waals surface area contributed by atoms with Gasteiger partial charge in [-0.2, -0.15) is 5.10 Å². The first-order chi connectivity index (χ1) is 10.9. The largest absolute Gasteiger partial charge is 0.296 e. The van der Waals surface area contributed by atoms with Crippen LogP contribution in [0.15, 0.2) is 42.7 Å². The fourth-order valence-electron chi connectivity index (χ4n) is 4.32. The predicted octanol–water partition coefficient (Wildman–Crippen LogP) is 4.03. The standard InChI is InChI=1S/C19H25N3/c1-2-9-18(10-3-1)22-15-16(13-20-22)14-21-12-6-8-17-7-4-5-11-19(17)21/h1-3,9-10,13,15,17,19H,4-8,11-12,14H2. The maximum absolute atomic E-state index is 4.55. The lowest BCUT2D eigenvalue weighted by Gasteiger charge is -2.44. The first-order valence-corrected chi connectivity index (χ1v) is 8.73. The average Bonchev–Trinajstić information content (AvgIpc) is 3.05. The van der Waals surface area contributed by atoms with Crippen molar-refractivity contribution in [3.8, 4) is 5.69 Å². The first-order valence-electron chi connectivity index (χ1n) is 8.73. The van der Waals surface area contributed by atoms with E-state index in [1.807, 2.05) is 16.9 Å². The van der Waals surface area contributed by atoms with E-state index >= 15 is 0 Å². The second-order valence-corrected chi connectivity index (χ2v) is 6.85. The average molecular weight is 295 g/mol. The van der Waals surface area contributed by atoms with E-state index in [9.17, 15) is 0 Å². The minimum Gasteiger partial charge on any atom is -0.296 e. The van der Waals surface area contributed by atoms with Crippen LogP contribution in [0.2, 0.25) is 0 Å². The quantitative estimate of drug-likeness (QED) is 0.852. The van der Waals surface area contributed by atoms with Crippen molar-refractivity contribution in [2.45, 2.75) is 51.1 Å². The van der Waals surface area contributed by atoms with Crippen molar-refractivity contribution in [2.24, 2.45) is 5.92 Å². The first kappa shape index (κ1) is 14.0. The zero-order valence-corrected chi connectivity index (χ0v) is 13.2. The van der Waals surface area contributed by atoms with Gasteiger partial charge in [-0.05, 0) is 50.3 Å². The van der Waals surface area contributed by atoms with Gasteiger partial charge in [-0.25, -0.2) is 4.68 Å². The Bertz CT molecular complexity index is 602. The van der Waals surface area contributed by atoms with Gasteiger partial charge in [0.15, 0.2) is 0 Å². The summed E-state index contributed by atoms with van der Waals surface area (Å²) < 4.78 is 2.00. The summed E-state index contributed by atoms with van der Waals surface area (Å²) in [6.07, 6.45) is 12.8. The van der Waals surface area contributed by atoms with Crippen molar-refractivity contribution in [2.75, 3.05) is 6.54 Å². The Kier molecular flexibility index (Phi) is 3.98. The van der Waals surface area contributed by atoms with Gasteiger partial charge in [0.2, 0.25) is 0 Å². The highest BCUT2D eigenvalue weighted by atomic mass is 15.3. The monoisotopic (exact) mass is 295 g/mol. The molecule has 2 atom stereocenters. The molecule has 1 aliphatic carbocycles. The number of aromatic nitrogens is 2. The van der Waals surface area contributed by atoms with Crippen molar-refractivity contribution in [3.63, 3.8) is 0 Å². The fourth-order valence-corrected chi connectivity index (χ4v) is 4.32. The normalized spacial score (nSPS) is 25.8. The van der Waals surface area contributed by atoms with Gasteiger partial charge in [-0.1, -0.05) is 31.0 Å². The number of likely N-dealkylation sites (tertiary alicyclic amines) is 1. The Balaban J connectivity index is 1.48. The van der Waals surface area contributed by atoms with Gasteiger partial charge in [0.05, 0.1) is 11.9 Å². The Morgan fingerprint density at radius 3 is 2.73 bits per heavy atom. The maximum Gasteiger partial charge on any atom is 0.0645 e. The Hall–Kier alpha value is -1.61. The maximum atomic E-state index is 4.55. The highest BCUT2D eigenvalue weighted by molar-refractivity contribution is 5.30. The van der Waals surface area contributed by atoms with Gasteiger partial charge in [-0.3, -0.25) is 4.90 Å². The zero-order valence-electron chi connectivity index (χ0n) is 13.2. The smallest absolute Gasteiger partial charge is 0.0645 e. The Morgan fingerprint density at radius 1 is 1.00 bits per heavy atom. The molecule has 2 aliphatic rings. The molecule has 2 fully saturated rings. The molecular formula is C19H25N3. The van der Waals surface area contributed by atoms with E-state index < -0.39 is 0 Å². The van der Waals surface area contributed by atoms with E-state index in [0.717, 1.165) is 24.2 Å². The van der Waals surface area contributed by atoms with E-state index in [0.29, 0.717) is 0 Å². The number of hydrogen-bond acceptors (Lipinski definition) is 2. The van der Waals surface area contributed by atoms with E-state index in [2.05, 4.69) is 40.5 Å². The summed E-state index contributed by atoms with van der Waals surface area (Å²) >= 11 is 0. The lowest BCUT2D eigenvalue weighted by atomic mass is 9.78. The van der Waals surface area contributed by atoms with Crippen molar-refractivity contribution in [3.05, 3.63) is 48.3 Å². The summed E-state index contributed by atoms with van der Waals surface area (Å²) in [5.74, 6) is 0.951. The number of benzene rings is 1. The molecule has 116 valence electrons. The second kappa shape index (κ2) is 6.25. The third kappa shape index (κ3) is 2.82. The minimum atomic E-state index is 0.822. The van der Waals surface area contributed by atoms with Crippen LogP contribution in [-0.2, 0) is 6.54 Å². The molecule has 1 aliphatic heterocycles. The number of rotatable bonds is 3. The van der Waals surface area contributed by atoms with Crippen LogP contribution in [0, 0.1) is 5.92 Å². The lowest BCUT2D eigenvalue weighted by Crippen LogP contribution is -2.46. The summed E-state index contributed by atoms with van der Waals surface area (Å²) in [4.78, 5) is 2.72. The number of piperidine rings is 1. The molecule has 3 heteroatoms. The van der Waals surface area contributed by atoms with Crippen LogP contribution in [0.5, 0.6) is 0 Å². The molecular weight excluding hydrogens is 270 g/mol. The van der Waals surface area contributed by atoms with Gasteiger partial charge in [0.25, 0.3) is 0 Å². The Labute approximate surface area is 132 Å². The molecule has 3 nitrogen and oxygen atoms in total. The van der Waals surface area contributed by atoms with Crippen LogP contribution in [0.3, 0.4) is 0 Å². The molecule has 0 amide bonds. The molecule has 2 heterocycles. The molecule has 1 saturated carbocycles. The summed E-state index contributed by atoms with van der Waals surface area (Å²) in [5.41, 5.74) is 2.48. The molecule has 2 unspecified atom stereocenters. The molecule has 1 saturated heterocycles. The molecule has 22 heavy (non-hydrogen) atoms. The van der Waals surface area contributed by atoms with Crippen LogP contribution in [-0.4, -0.2) is 27.3 Å². The topological polar surface area (TPSA) is 21.1 Å². The molecule has 1 aromatic carbocycles. The molecule has 0 spiro atoms. The number of para-hydroxylation sites is 1. The van der Waals surface area contributed by atoms with Gasteiger partial charge in [-0.15, -0.1) is 0 Å². The molecule has 4 rings (SSSR count). The summed E-state index contributed by atoms with van der Waals surface area (Å²) in [5, 5.41) is 4.55. The van der Waals surface area contributed by atoms with Crippen molar-refractivity contribution >= 4 is 0 Å². The highest BCUT2D eigenvalue weighted by Crippen LogP contribution is 2.35. The van der Waals surface area contributed by atoms with Gasteiger partial charge in [0, 0.05) is 24.3 Å². The van der Waals surface area contributed by atoms with Crippen molar-refractivity contribution in [1.82, 2.24) is 14.7 Å². The number of fused-ring (bicyclic) bond motifs is 1. The number of hydrogen-bond donors (Lipinski definition) is 0. The van der Waals surface area contributed by atoms with Crippen molar-refractivity contribution < 1.29 is 0 Å². The molecule has 1 aromatic heterocycles.